The predicted octanol–water partition coefficient (Wildman–Crippen LogP) is 1.27. The topological polar surface area (TPSA) is 68.0 Å². The first-order valence-corrected chi connectivity index (χ1v) is 4.89. The van der Waals surface area contributed by atoms with Crippen molar-refractivity contribution in [1.29, 1.82) is 0 Å². The van der Waals surface area contributed by atoms with Crippen molar-refractivity contribution in [2.75, 3.05) is 0 Å². The zero-order chi connectivity index (χ0) is 12.5. The fourth-order valence-corrected chi connectivity index (χ4v) is 1.58. The summed E-state index contributed by atoms with van der Waals surface area (Å²) in [6.45, 7) is 1.44. The fourth-order valence-electron chi connectivity index (χ4n) is 1.58. The van der Waals surface area contributed by atoms with E-state index in [0.717, 1.165) is 0 Å². The smallest absolute Gasteiger partial charge is 0.336 e. The lowest BCUT2D eigenvalue weighted by molar-refractivity contribution is -0.144. The second-order valence-electron chi connectivity index (χ2n) is 3.73. The van der Waals surface area contributed by atoms with Crippen LogP contribution in [0, 0.1) is 5.82 Å². The van der Waals surface area contributed by atoms with Crippen LogP contribution in [0.3, 0.4) is 0 Å². The highest BCUT2D eigenvalue weighted by molar-refractivity contribution is 5.80. The van der Waals surface area contributed by atoms with Gasteiger partial charge in [0.2, 0.25) is 0 Å². The Hall–Kier alpha value is -2.24. The van der Waals surface area contributed by atoms with Gasteiger partial charge in [0, 0.05) is 0 Å². The molecule has 0 aliphatic carbocycles. The van der Waals surface area contributed by atoms with Crippen molar-refractivity contribution in [3.8, 4) is 0 Å². The molecule has 1 atom stereocenters. The second kappa shape index (κ2) is 3.97. The van der Waals surface area contributed by atoms with Crippen molar-refractivity contribution in [2.45, 2.75) is 12.5 Å². The van der Waals surface area contributed by atoms with Gasteiger partial charge in [-0.2, -0.15) is 5.10 Å². The number of carbonyl (C=O) groups is 1. The summed E-state index contributed by atoms with van der Waals surface area (Å²) in [4.78, 5) is 15.1. The highest BCUT2D eigenvalue weighted by Crippen LogP contribution is 2.25. The zero-order valence-corrected chi connectivity index (χ0v) is 9.04. The Kier molecular flexibility index (Phi) is 2.63. The van der Waals surface area contributed by atoms with Gasteiger partial charge in [0.25, 0.3) is 0 Å². The number of aromatic nitrogens is 3. The van der Waals surface area contributed by atoms with Crippen LogP contribution < -0.4 is 0 Å². The minimum absolute atomic E-state index is 0.301. The largest absolute Gasteiger partial charge is 0.479 e. The fraction of sp³-hybridized carbons (Fsp3) is 0.182. The van der Waals surface area contributed by atoms with E-state index in [4.69, 9.17) is 0 Å². The monoisotopic (exact) mass is 235 g/mol. The lowest BCUT2D eigenvalue weighted by Crippen LogP contribution is -2.40. The van der Waals surface area contributed by atoms with E-state index in [2.05, 4.69) is 10.1 Å². The van der Waals surface area contributed by atoms with Gasteiger partial charge in [0.15, 0.2) is 5.54 Å². The number of aliphatic carboxylic acids is 1. The first-order valence-electron chi connectivity index (χ1n) is 4.89. The lowest BCUT2D eigenvalue weighted by atomic mass is 9.92. The number of nitrogens with zero attached hydrogens (tertiary/aromatic N) is 3. The van der Waals surface area contributed by atoms with Gasteiger partial charge in [-0.25, -0.2) is 18.9 Å². The van der Waals surface area contributed by atoms with Crippen LogP contribution in [0.5, 0.6) is 0 Å². The van der Waals surface area contributed by atoms with E-state index in [1.807, 2.05) is 0 Å². The molecule has 0 bridgehead atoms. The number of rotatable bonds is 3. The summed E-state index contributed by atoms with van der Waals surface area (Å²) in [5.74, 6) is -1.62. The summed E-state index contributed by atoms with van der Waals surface area (Å²) in [6.07, 6.45) is 2.53. The van der Waals surface area contributed by atoms with Gasteiger partial charge in [-0.05, 0) is 24.6 Å². The summed E-state index contributed by atoms with van der Waals surface area (Å²) in [7, 11) is 0. The van der Waals surface area contributed by atoms with E-state index in [1.165, 1.54) is 42.5 Å². The van der Waals surface area contributed by atoms with Crippen molar-refractivity contribution in [3.05, 3.63) is 48.3 Å². The molecule has 1 unspecified atom stereocenters. The predicted molar refractivity (Wildman–Crippen MR) is 56.8 cm³/mol. The Bertz CT molecular complexity index is 541. The highest BCUT2D eigenvalue weighted by atomic mass is 19.1. The van der Waals surface area contributed by atoms with Crippen LogP contribution in [-0.2, 0) is 10.3 Å². The minimum Gasteiger partial charge on any atom is -0.479 e. The van der Waals surface area contributed by atoms with Crippen LogP contribution in [0.2, 0.25) is 0 Å². The molecule has 1 N–H and O–H groups in total. The molecule has 2 aromatic rings. The first-order chi connectivity index (χ1) is 8.05. The molecular weight excluding hydrogens is 225 g/mol. The number of carboxylic acids is 1. The number of carboxylic acid groups (broad SMARTS) is 1. The van der Waals surface area contributed by atoms with Gasteiger partial charge in [-0.15, -0.1) is 0 Å². The molecule has 0 spiro atoms. The number of hydrogen-bond acceptors (Lipinski definition) is 3. The highest BCUT2D eigenvalue weighted by Gasteiger charge is 2.38. The molecule has 1 aromatic carbocycles. The molecular formula is C11H10FN3O2. The van der Waals surface area contributed by atoms with Crippen LogP contribution in [0.4, 0.5) is 4.39 Å². The average Bonchev–Trinajstić information content (AvgIpc) is 2.81. The van der Waals surface area contributed by atoms with E-state index in [-0.39, 0.29) is 0 Å². The minimum atomic E-state index is -1.47. The molecule has 2 rings (SSSR count). The Labute approximate surface area is 96.5 Å². The summed E-state index contributed by atoms with van der Waals surface area (Å²) in [5.41, 5.74) is -1.17. The van der Waals surface area contributed by atoms with Gasteiger partial charge < -0.3 is 5.11 Å². The second-order valence-corrected chi connectivity index (χ2v) is 3.73. The van der Waals surface area contributed by atoms with E-state index in [1.54, 1.807) is 6.07 Å². The number of halogens is 1. The van der Waals surface area contributed by atoms with Gasteiger partial charge in [-0.1, -0.05) is 12.1 Å². The molecule has 1 heterocycles. The maximum Gasteiger partial charge on any atom is 0.336 e. The van der Waals surface area contributed by atoms with Crippen molar-refractivity contribution >= 4 is 5.97 Å². The molecule has 0 aliphatic rings. The van der Waals surface area contributed by atoms with Gasteiger partial charge in [-0.3, -0.25) is 0 Å². The maximum absolute atomic E-state index is 13.2. The van der Waals surface area contributed by atoms with Gasteiger partial charge in [0.1, 0.15) is 18.5 Å². The SMILES string of the molecule is CC(C(=O)O)(c1cccc(F)c1)n1cncn1. The maximum atomic E-state index is 13.2. The Morgan fingerprint density at radius 1 is 1.53 bits per heavy atom. The summed E-state index contributed by atoms with van der Waals surface area (Å²) in [5, 5.41) is 13.2. The van der Waals surface area contributed by atoms with Crippen LogP contribution in [0.25, 0.3) is 0 Å². The molecule has 5 nitrogen and oxygen atoms in total. The van der Waals surface area contributed by atoms with E-state index < -0.39 is 17.3 Å². The summed E-state index contributed by atoms with van der Waals surface area (Å²) >= 11 is 0. The zero-order valence-electron chi connectivity index (χ0n) is 9.04. The molecule has 0 amide bonds. The molecule has 0 fully saturated rings. The Morgan fingerprint density at radius 3 is 2.82 bits per heavy atom. The van der Waals surface area contributed by atoms with Crippen molar-refractivity contribution in [1.82, 2.24) is 14.8 Å². The Balaban J connectivity index is 2.60. The van der Waals surface area contributed by atoms with E-state index in [9.17, 15) is 14.3 Å². The average molecular weight is 235 g/mol. The lowest BCUT2D eigenvalue weighted by Gasteiger charge is -2.25. The molecule has 0 aliphatic heterocycles. The number of benzene rings is 1. The third kappa shape index (κ3) is 1.77. The van der Waals surface area contributed by atoms with E-state index in [0.29, 0.717) is 5.56 Å². The van der Waals surface area contributed by atoms with E-state index >= 15 is 0 Å². The molecule has 17 heavy (non-hydrogen) atoms. The van der Waals surface area contributed by atoms with Crippen molar-refractivity contribution < 1.29 is 14.3 Å². The van der Waals surface area contributed by atoms with Gasteiger partial charge in [0.05, 0.1) is 0 Å². The standard InChI is InChI=1S/C11H10FN3O2/c1-11(10(16)17,15-7-13-6-14-15)8-3-2-4-9(12)5-8/h2-7H,1H3,(H,16,17). The molecule has 0 radical (unpaired) electrons. The van der Waals surface area contributed by atoms with Crippen LogP contribution >= 0.6 is 0 Å². The normalized spacial score (nSPS) is 14.2. The summed E-state index contributed by atoms with van der Waals surface area (Å²) in [6, 6.07) is 5.44. The number of hydrogen-bond donors (Lipinski definition) is 1. The quantitative estimate of drug-likeness (QED) is 0.869. The van der Waals surface area contributed by atoms with Crippen LogP contribution in [0.15, 0.2) is 36.9 Å². The third-order valence-corrected chi connectivity index (χ3v) is 2.68. The van der Waals surface area contributed by atoms with Crippen LogP contribution in [-0.4, -0.2) is 25.8 Å². The molecule has 0 saturated heterocycles. The Morgan fingerprint density at radius 2 is 2.29 bits per heavy atom. The van der Waals surface area contributed by atoms with Gasteiger partial charge >= 0.3 is 5.97 Å². The molecule has 88 valence electrons. The first kappa shape index (κ1) is 11.3. The molecule has 6 heteroatoms. The van der Waals surface area contributed by atoms with Crippen LogP contribution in [0.1, 0.15) is 12.5 Å². The molecule has 0 saturated carbocycles. The van der Waals surface area contributed by atoms with Crippen molar-refractivity contribution in [3.63, 3.8) is 0 Å². The van der Waals surface area contributed by atoms with Crippen molar-refractivity contribution in [2.24, 2.45) is 0 Å². The summed E-state index contributed by atoms with van der Waals surface area (Å²) < 4.78 is 14.3. The molecule has 1 aromatic heterocycles. The third-order valence-electron chi connectivity index (χ3n) is 2.68.